The summed E-state index contributed by atoms with van der Waals surface area (Å²) in [5.41, 5.74) is 9.83. The normalized spacial score (nSPS) is 23.2. The van der Waals surface area contributed by atoms with Gasteiger partial charge in [0.1, 0.15) is 0 Å². The average molecular weight is 279 g/mol. The van der Waals surface area contributed by atoms with E-state index in [-0.39, 0.29) is 0 Å². The van der Waals surface area contributed by atoms with Crippen molar-refractivity contribution in [3.8, 4) is 0 Å². The van der Waals surface area contributed by atoms with E-state index >= 15 is 0 Å². The number of aryl methyl sites for hydroxylation is 2. The Kier molecular flexibility index (Phi) is 4.83. The number of hydrogen-bond donors (Lipinski definition) is 1. The van der Waals surface area contributed by atoms with Gasteiger partial charge in [-0.1, -0.05) is 0 Å². The Morgan fingerprint density at radius 1 is 1.35 bits per heavy atom. The summed E-state index contributed by atoms with van der Waals surface area (Å²) < 4.78 is 2.11. The van der Waals surface area contributed by atoms with Gasteiger partial charge in [-0.15, -0.1) is 0 Å². The number of nitrogens with two attached hydrogens (primary N) is 1. The van der Waals surface area contributed by atoms with Gasteiger partial charge in [0.15, 0.2) is 0 Å². The van der Waals surface area contributed by atoms with Gasteiger partial charge in [0, 0.05) is 56.1 Å². The Hall–Kier alpha value is -0.910. The third kappa shape index (κ3) is 2.75. The molecule has 114 valence electrons. The van der Waals surface area contributed by atoms with E-state index in [9.17, 15) is 0 Å². The van der Waals surface area contributed by atoms with Crippen molar-refractivity contribution in [2.24, 2.45) is 5.73 Å². The van der Waals surface area contributed by atoms with Gasteiger partial charge in [0.2, 0.25) is 0 Å². The predicted octanol–water partition coefficient (Wildman–Crippen LogP) is 1.16. The Morgan fingerprint density at radius 3 is 2.60 bits per heavy atom. The molecule has 1 aliphatic rings. The van der Waals surface area contributed by atoms with Crippen molar-refractivity contribution in [3.05, 3.63) is 17.0 Å². The molecule has 2 N–H and O–H groups in total. The molecule has 1 fully saturated rings. The number of nitrogens with zero attached hydrogens (tertiary/aromatic N) is 4. The van der Waals surface area contributed by atoms with Crippen molar-refractivity contribution in [1.82, 2.24) is 19.6 Å². The SMILES string of the molecule is CCn1nc(C)c(C(C)N2CCN(C)CC2CN)c1C. The minimum atomic E-state index is 0.387. The van der Waals surface area contributed by atoms with E-state index in [1.165, 1.54) is 11.3 Å². The molecule has 5 nitrogen and oxygen atoms in total. The zero-order chi connectivity index (χ0) is 14.9. The lowest BCUT2D eigenvalue weighted by molar-refractivity contribution is 0.0616. The highest BCUT2D eigenvalue weighted by Crippen LogP contribution is 2.29. The second kappa shape index (κ2) is 6.24. The van der Waals surface area contributed by atoms with Crippen LogP contribution in [0.25, 0.3) is 0 Å². The van der Waals surface area contributed by atoms with Crippen molar-refractivity contribution in [2.45, 2.75) is 46.3 Å². The quantitative estimate of drug-likeness (QED) is 0.898. The molecule has 1 saturated heterocycles. The van der Waals surface area contributed by atoms with Gasteiger partial charge in [-0.3, -0.25) is 9.58 Å². The highest BCUT2D eigenvalue weighted by molar-refractivity contribution is 5.28. The molecule has 0 aromatic carbocycles. The molecule has 0 aliphatic carbocycles. The standard InChI is InChI=1S/C15H29N5/c1-6-20-13(4)15(11(2)17-20)12(3)19-8-7-18(5)10-14(19)9-16/h12,14H,6-10,16H2,1-5H3. The summed E-state index contributed by atoms with van der Waals surface area (Å²) in [5, 5.41) is 4.66. The van der Waals surface area contributed by atoms with Crippen LogP contribution in [0.3, 0.4) is 0 Å². The van der Waals surface area contributed by atoms with Crippen LogP contribution < -0.4 is 5.73 Å². The summed E-state index contributed by atoms with van der Waals surface area (Å²) in [6, 6.07) is 0.824. The van der Waals surface area contributed by atoms with Crippen LogP contribution in [0.15, 0.2) is 0 Å². The fraction of sp³-hybridized carbons (Fsp3) is 0.800. The van der Waals surface area contributed by atoms with E-state index in [0.29, 0.717) is 18.6 Å². The predicted molar refractivity (Wildman–Crippen MR) is 82.8 cm³/mol. The van der Waals surface area contributed by atoms with Crippen LogP contribution in [0.2, 0.25) is 0 Å². The summed E-state index contributed by atoms with van der Waals surface area (Å²) in [6.45, 7) is 13.6. The molecule has 0 spiro atoms. The van der Waals surface area contributed by atoms with E-state index < -0.39 is 0 Å². The molecule has 1 aromatic rings. The van der Waals surface area contributed by atoms with Crippen LogP contribution in [-0.4, -0.2) is 58.8 Å². The molecule has 1 aromatic heterocycles. The van der Waals surface area contributed by atoms with Crippen molar-refractivity contribution in [1.29, 1.82) is 0 Å². The largest absolute Gasteiger partial charge is 0.329 e. The van der Waals surface area contributed by atoms with Gasteiger partial charge in [-0.2, -0.15) is 5.10 Å². The van der Waals surface area contributed by atoms with Crippen LogP contribution in [-0.2, 0) is 6.54 Å². The molecule has 0 amide bonds. The van der Waals surface area contributed by atoms with Gasteiger partial charge in [0.05, 0.1) is 5.69 Å². The van der Waals surface area contributed by atoms with Gasteiger partial charge in [0.25, 0.3) is 0 Å². The fourth-order valence-electron chi connectivity index (χ4n) is 3.53. The van der Waals surface area contributed by atoms with E-state index in [4.69, 9.17) is 5.73 Å². The van der Waals surface area contributed by atoms with Gasteiger partial charge < -0.3 is 10.6 Å². The van der Waals surface area contributed by atoms with E-state index in [1.54, 1.807) is 0 Å². The zero-order valence-electron chi connectivity index (χ0n) is 13.6. The summed E-state index contributed by atoms with van der Waals surface area (Å²) in [5.74, 6) is 0. The molecule has 0 bridgehead atoms. The lowest BCUT2D eigenvalue weighted by Crippen LogP contribution is -2.55. The molecule has 2 atom stereocenters. The number of likely N-dealkylation sites (N-methyl/N-ethyl adjacent to an activating group) is 1. The topological polar surface area (TPSA) is 50.3 Å². The van der Waals surface area contributed by atoms with Gasteiger partial charge >= 0.3 is 0 Å². The van der Waals surface area contributed by atoms with Crippen LogP contribution in [0.1, 0.15) is 36.8 Å². The summed E-state index contributed by atoms with van der Waals surface area (Å²) >= 11 is 0. The maximum atomic E-state index is 5.99. The monoisotopic (exact) mass is 279 g/mol. The lowest BCUT2D eigenvalue weighted by atomic mass is 10.0. The minimum absolute atomic E-state index is 0.387. The first kappa shape index (κ1) is 15.5. The molecule has 5 heteroatoms. The highest BCUT2D eigenvalue weighted by Gasteiger charge is 2.31. The Balaban J connectivity index is 2.26. The number of aromatic nitrogens is 2. The molecular formula is C15H29N5. The Labute approximate surface area is 122 Å². The van der Waals surface area contributed by atoms with Crippen molar-refractivity contribution in [3.63, 3.8) is 0 Å². The number of hydrogen-bond acceptors (Lipinski definition) is 4. The second-order valence-electron chi connectivity index (χ2n) is 5.97. The van der Waals surface area contributed by atoms with E-state index in [1.807, 2.05) is 0 Å². The molecule has 20 heavy (non-hydrogen) atoms. The first-order valence-corrected chi connectivity index (χ1v) is 7.67. The fourth-order valence-corrected chi connectivity index (χ4v) is 3.53. The lowest BCUT2D eigenvalue weighted by Gasteiger charge is -2.43. The molecular weight excluding hydrogens is 250 g/mol. The number of piperazine rings is 1. The molecule has 1 aliphatic heterocycles. The third-order valence-electron chi connectivity index (χ3n) is 4.66. The first-order valence-electron chi connectivity index (χ1n) is 7.67. The van der Waals surface area contributed by atoms with Crippen LogP contribution in [0.5, 0.6) is 0 Å². The Morgan fingerprint density at radius 2 is 2.05 bits per heavy atom. The molecule has 0 radical (unpaired) electrons. The summed E-state index contributed by atoms with van der Waals surface area (Å²) in [6.07, 6.45) is 0. The summed E-state index contributed by atoms with van der Waals surface area (Å²) in [4.78, 5) is 4.92. The second-order valence-corrected chi connectivity index (χ2v) is 5.97. The van der Waals surface area contributed by atoms with Crippen molar-refractivity contribution >= 4 is 0 Å². The maximum Gasteiger partial charge on any atom is 0.0644 e. The highest BCUT2D eigenvalue weighted by atomic mass is 15.3. The third-order valence-corrected chi connectivity index (χ3v) is 4.66. The average Bonchev–Trinajstić information content (AvgIpc) is 2.72. The molecule has 2 heterocycles. The number of rotatable bonds is 4. The van der Waals surface area contributed by atoms with E-state index in [2.05, 4.69) is 54.3 Å². The molecule has 2 rings (SSSR count). The van der Waals surface area contributed by atoms with Crippen LogP contribution >= 0.6 is 0 Å². The Bertz CT molecular complexity index is 453. The van der Waals surface area contributed by atoms with Crippen LogP contribution in [0, 0.1) is 13.8 Å². The van der Waals surface area contributed by atoms with Crippen molar-refractivity contribution < 1.29 is 0 Å². The molecule has 0 saturated carbocycles. The smallest absolute Gasteiger partial charge is 0.0644 e. The van der Waals surface area contributed by atoms with Crippen molar-refractivity contribution in [2.75, 3.05) is 33.2 Å². The van der Waals surface area contributed by atoms with Gasteiger partial charge in [-0.05, 0) is 34.7 Å². The summed E-state index contributed by atoms with van der Waals surface area (Å²) in [7, 11) is 2.18. The van der Waals surface area contributed by atoms with Gasteiger partial charge in [-0.25, -0.2) is 0 Å². The van der Waals surface area contributed by atoms with E-state index in [0.717, 1.165) is 31.9 Å². The minimum Gasteiger partial charge on any atom is -0.329 e. The maximum absolute atomic E-state index is 5.99. The zero-order valence-corrected chi connectivity index (χ0v) is 13.6. The molecule has 2 unspecified atom stereocenters. The van der Waals surface area contributed by atoms with Crippen LogP contribution in [0.4, 0.5) is 0 Å². The first-order chi connectivity index (χ1) is 9.49.